The molecule has 1 heterocycles. The lowest BCUT2D eigenvalue weighted by atomic mass is 10.2. The summed E-state index contributed by atoms with van der Waals surface area (Å²) in [5.74, 6) is 1.59. The zero-order chi connectivity index (χ0) is 10.7. The van der Waals surface area contributed by atoms with E-state index in [0.717, 1.165) is 11.3 Å². The second-order valence-electron chi connectivity index (χ2n) is 3.19. The first-order chi connectivity index (χ1) is 7.25. The fourth-order valence-electron chi connectivity index (χ4n) is 1.23. The van der Waals surface area contributed by atoms with E-state index in [1.165, 1.54) is 0 Å². The van der Waals surface area contributed by atoms with Gasteiger partial charge in [0.2, 0.25) is 0 Å². The standard InChI is InChI=1S/C11H11N3O/c1-8-7-10(14-15-8)13-11(12)9-5-3-2-4-6-9/h2-7H,1H3,(H2,12,13,14). The Morgan fingerprint density at radius 2 is 2.07 bits per heavy atom. The van der Waals surface area contributed by atoms with Crippen LogP contribution in [0.2, 0.25) is 0 Å². The summed E-state index contributed by atoms with van der Waals surface area (Å²) in [5, 5.41) is 14.4. The zero-order valence-corrected chi connectivity index (χ0v) is 8.32. The van der Waals surface area contributed by atoms with E-state index in [-0.39, 0.29) is 0 Å². The molecule has 15 heavy (non-hydrogen) atoms. The highest BCUT2D eigenvalue weighted by atomic mass is 16.5. The average molecular weight is 201 g/mol. The SMILES string of the molecule is Cc1cc(NC(=N)c2ccccc2)no1. The van der Waals surface area contributed by atoms with Crippen molar-refractivity contribution in [3.8, 4) is 0 Å². The van der Waals surface area contributed by atoms with Gasteiger partial charge in [-0.3, -0.25) is 5.41 Å². The van der Waals surface area contributed by atoms with Crippen LogP contribution in [-0.4, -0.2) is 11.0 Å². The molecule has 1 aromatic carbocycles. The van der Waals surface area contributed by atoms with E-state index in [1.54, 1.807) is 6.07 Å². The molecule has 4 heteroatoms. The molecule has 0 amide bonds. The third kappa shape index (κ3) is 2.22. The lowest BCUT2D eigenvalue weighted by molar-refractivity contribution is 0.400. The quantitative estimate of drug-likeness (QED) is 0.579. The maximum atomic E-state index is 7.78. The summed E-state index contributed by atoms with van der Waals surface area (Å²) < 4.78 is 4.89. The number of aromatic nitrogens is 1. The second kappa shape index (κ2) is 3.96. The van der Waals surface area contributed by atoms with Crippen LogP contribution in [0.1, 0.15) is 11.3 Å². The summed E-state index contributed by atoms with van der Waals surface area (Å²) in [6.45, 7) is 1.81. The Bertz CT molecular complexity index is 462. The van der Waals surface area contributed by atoms with Crippen LogP contribution in [0.15, 0.2) is 40.9 Å². The molecule has 0 aliphatic heterocycles. The smallest absolute Gasteiger partial charge is 0.175 e. The minimum atomic E-state index is 0.309. The highest BCUT2D eigenvalue weighted by Crippen LogP contribution is 2.09. The van der Waals surface area contributed by atoms with Gasteiger partial charge < -0.3 is 9.84 Å². The highest BCUT2D eigenvalue weighted by molar-refractivity contribution is 6.05. The van der Waals surface area contributed by atoms with Crippen LogP contribution in [0.3, 0.4) is 0 Å². The largest absolute Gasteiger partial charge is 0.360 e. The molecular formula is C11H11N3O. The number of benzene rings is 1. The molecule has 4 nitrogen and oxygen atoms in total. The number of amidine groups is 1. The molecule has 0 aliphatic rings. The Morgan fingerprint density at radius 1 is 1.33 bits per heavy atom. The van der Waals surface area contributed by atoms with Gasteiger partial charge in [-0.05, 0) is 6.92 Å². The minimum Gasteiger partial charge on any atom is -0.360 e. The van der Waals surface area contributed by atoms with Crippen LogP contribution in [0.25, 0.3) is 0 Å². The van der Waals surface area contributed by atoms with E-state index in [1.807, 2.05) is 37.3 Å². The molecule has 1 aromatic heterocycles. The lowest BCUT2D eigenvalue weighted by Crippen LogP contribution is -2.11. The fraction of sp³-hybridized carbons (Fsp3) is 0.0909. The van der Waals surface area contributed by atoms with E-state index >= 15 is 0 Å². The van der Waals surface area contributed by atoms with Crippen LogP contribution in [-0.2, 0) is 0 Å². The maximum Gasteiger partial charge on any atom is 0.175 e. The van der Waals surface area contributed by atoms with Crippen LogP contribution in [0.5, 0.6) is 0 Å². The van der Waals surface area contributed by atoms with Crippen LogP contribution >= 0.6 is 0 Å². The Hall–Kier alpha value is -2.10. The number of nitrogens with zero attached hydrogens (tertiary/aromatic N) is 1. The molecule has 0 aliphatic carbocycles. The number of aryl methyl sites for hydroxylation is 1. The van der Waals surface area contributed by atoms with E-state index in [0.29, 0.717) is 11.7 Å². The van der Waals surface area contributed by atoms with E-state index < -0.39 is 0 Å². The number of nitrogens with one attached hydrogen (secondary N) is 2. The van der Waals surface area contributed by atoms with Crippen molar-refractivity contribution in [2.45, 2.75) is 6.92 Å². The summed E-state index contributed by atoms with van der Waals surface area (Å²) in [6, 6.07) is 11.2. The molecule has 0 spiro atoms. The van der Waals surface area contributed by atoms with Crippen molar-refractivity contribution in [3.05, 3.63) is 47.7 Å². The number of rotatable bonds is 2. The lowest BCUT2D eigenvalue weighted by Gasteiger charge is -2.03. The summed E-state index contributed by atoms with van der Waals surface area (Å²) in [4.78, 5) is 0. The van der Waals surface area contributed by atoms with Crippen molar-refractivity contribution in [1.29, 1.82) is 5.41 Å². The normalized spacial score (nSPS) is 9.93. The molecule has 0 unspecified atom stereocenters. The predicted octanol–water partition coefficient (Wildman–Crippen LogP) is 2.42. The average Bonchev–Trinajstić information content (AvgIpc) is 2.65. The van der Waals surface area contributed by atoms with E-state index in [4.69, 9.17) is 9.93 Å². The number of anilines is 1. The second-order valence-corrected chi connectivity index (χ2v) is 3.19. The third-order valence-corrected chi connectivity index (χ3v) is 1.94. The van der Waals surface area contributed by atoms with Crippen LogP contribution < -0.4 is 5.32 Å². The van der Waals surface area contributed by atoms with Gasteiger partial charge in [0.1, 0.15) is 11.6 Å². The van der Waals surface area contributed by atoms with Gasteiger partial charge in [-0.25, -0.2) is 0 Å². The van der Waals surface area contributed by atoms with Gasteiger partial charge in [0.05, 0.1) is 0 Å². The molecule has 2 rings (SSSR count). The van der Waals surface area contributed by atoms with Crippen molar-refractivity contribution < 1.29 is 4.52 Å². The Kier molecular flexibility index (Phi) is 2.49. The van der Waals surface area contributed by atoms with Crippen LogP contribution in [0.4, 0.5) is 5.82 Å². The molecule has 0 radical (unpaired) electrons. The van der Waals surface area contributed by atoms with Crippen molar-refractivity contribution in [3.63, 3.8) is 0 Å². The molecule has 0 atom stereocenters. The Morgan fingerprint density at radius 3 is 2.67 bits per heavy atom. The van der Waals surface area contributed by atoms with Crippen LogP contribution in [0, 0.1) is 12.3 Å². The van der Waals surface area contributed by atoms with Gasteiger partial charge >= 0.3 is 0 Å². The molecule has 0 saturated carbocycles. The monoisotopic (exact) mass is 201 g/mol. The number of hydrogen-bond donors (Lipinski definition) is 2. The van der Waals surface area contributed by atoms with Gasteiger partial charge in [0, 0.05) is 11.6 Å². The predicted molar refractivity (Wildman–Crippen MR) is 58.1 cm³/mol. The summed E-state index contributed by atoms with van der Waals surface area (Å²) in [7, 11) is 0. The van der Waals surface area contributed by atoms with E-state index in [9.17, 15) is 0 Å². The molecule has 0 fully saturated rings. The minimum absolute atomic E-state index is 0.309. The first-order valence-electron chi connectivity index (χ1n) is 4.60. The molecule has 2 aromatic rings. The highest BCUT2D eigenvalue weighted by Gasteiger charge is 2.04. The maximum absolute atomic E-state index is 7.78. The summed E-state index contributed by atoms with van der Waals surface area (Å²) in [5.41, 5.74) is 0.818. The van der Waals surface area contributed by atoms with Crippen molar-refractivity contribution in [1.82, 2.24) is 5.16 Å². The fourth-order valence-corrected chi connectivity index (χ4v) is 1.23. The molecule has 0 bridgehead atoms. The third-order valence-electron chi connectivity index (χ3n) is 1.94. The summed E-state index contributed by atoms with van der Waals surface area (Å²) >= 11 is 0. The molecule has 76 valence electrons. The van der Waals surface area contributed by atoms with Gasteiger partial charge in [0.25, 0.3) is 0 Å². The van der Waals surface area contributed by atoms with Crippen molar-refractivity contribution in [2.75, 3.05) is 5.32 Å². The molecule has 0 saturated heterocycles. The van der Waals surface area contributed by atoms with Crippen molar-refractivity contribution >= 4 is 11.7 Å². The van der Waals surface area contributed by atoms with Gasteiger partial charge in [-0.15, -0.1) is 0 Å². The van der Waals surface area contributed by atoms with E-state index in [2.05, 4.69) is 10.5 Å². The van der Waals surface area contributed by atoms with Crippen molar-refractivity contribution in [2.24, 2.45) is 0 Å². The van der Waals surface area contributed by atoms with Gasteiger partial charge in [0.15, 0.2) is 5.82 Å². The van der Waals surface area contributed by atoms with Gasteiger partial charge in [-0.2, -0.15) is 0 Å². The Labute approximate surface area is 87.4 Å². The first kappa shape index (κ1) is 9.45. The Balaban J connectivity index is 2.11. The van der Waals surface area contributed by atoms with Gasteiger partial charge in [-0.1, -0.05) is 35.5 Å². The number of hydrogen-bond acceptors (Lipinski definition) is 3. The molecule has 2 N–H and O–H groups in total. The topological polar surface area (TPSA) is 61.9 Å². The summed E-state index contributed by atoms with van der Waals surface area (Å²) in [6.07, 6.45) is 0. The first-order valence-corrected chi connectivity index (χ1v) is 4.60. The zero-order valence-electron chi connectivity index (χ0n) is 8.32. The molecular weight excluding hydrogens is 190 g/mol.